The van der Waals surface area contributed by atoms with Gasteiger partial charge in [0.2, 0.25) is 0 Å². The Morgan fingerprint density at radius 2 is 1.76 bits per heavy atom. The van der Waals surface area contributed by atoms with Crippen LogP contribution in [-0.2, 0) is 11.2 Å². The smallest absolute Gasteiger partial charge is 0.126 e. The van der Waals surface area contributed by atoms with Crippen LogP contribution in [0.25, 0.3) is 0 Å². The molecule has 1 aromatic carbocycles. The van der Waals surface area contributed by atoms with Crippen LogP contribution in [0.5, 0.6) is 0 Å². The molecular weight excluding hydrogens is 224 g/mol. The molecule has 2 nitrogen and oxygen atoms in total. The van der Waals surface area contributed by atoms with Crippen molar-refractivity contribution in [3.05, 3.63) is 35.4 Å². The number of halogens is 2. The van der Waals surface area contributed by atoms with E-state index in [2.05, 4.69) is 0 Å². The zero-order valence-electron chi connectivity index (χ0n) is 10.2. The number of nitrogens with two attached hydrogens (primary N) is 1. The molecule has 0 bridgehead atoms. The van der Waals surface area contributed by atoms with E-state index in [4.69, 9.17) is 10.5 Å². The van der Waals surface area contributed by atoms with E-state index < -0.39 is 11.6 Å². The second-order valence-corrected chi connectivity index (χ2v) is 4.05. The second kappa shape index (κ2) is 6.67. The Morgan fingerprint density at radius 1 is 1.18 bits per heavy atom. The Bertz CT molecular complexity index is 337. The standard InChI is InChI=1S/C13H19F2NO/c1-3-13(17-4-2)12(16)7-9-5-10(14)8-11(15)6-9/h5-6,8,12-13H,3-4,7,16H2,1-2H3. The third kappa shape index (κ3) is 4.40. The van der Waals surface area contributed by atoms with Crippen LogP contribution in [0.4, 0.5) is 8.78 Å². The molecule has 2 atom stereocenters. The van der Waals surface area contributed by atoms with Crippen LogP contribution >= 0.6 is 0 Å². The molecule has 0 aliphatic carbocycles. The highest BCUT2D eigenvalue weighted by Crippen LogP contribution is 2.13. The number of ether oxygens (including phenoxy) is 1. The predicted molar refractivity (Wildman–Crippen MR) is 63.7 cm³/mol. The molecule has 1 rings (SSSR count). The minimum Gasteiger partial charge on any atom is -0.377 e. The molecule has 0 radical (unpaired) electrons. The number of benzene rings is 1. The van der Waals surface area contributed by atoms with Gasteiger partial charge in [-0.25, -0.2) is 8.78 Å². The van der Waals surface area contributed by atoms with Crippen LogP contribution in [0.3, 0.4) is 0 Å². The van der Waals surface area contributed by atoms with Crippen LogP contribution in [0.15, 0.2) is 18.2 Å². The summed E-state index contributed by atoms with van der Waals surface area (Å²) in [5.74, 6) is -1.15. The molecule has 2 N–H and O–H groups in total. The van der Waals surface area contributed by atoms with Crippen molar-refractivity contribution in [2.45, 2.75) is 38.8 Å². The Morgan fingerprint density at radius 3 is 2.24 bits per heavy atom. The SMILES string of the molecule is CCOC(CC)C(N)Cc1cc(F)cc(F)c1. The van der Waals surface area contributed by atoms with Crippen molar-refractivity contribution in [2.24, 2.45) is 5.73 Å². The minimum absolute atomic E-state index is 0.0775. The third-order valence-corrected chi connectivity index (χ3v) is 2.65. The topological polar surface area (TPSA) is 35.2 Å². The molecule has 0 aliphatic rings. The minimum atomic E-state index is -0.573. The summed E-state index contributed by atoms with van der Waals surface area (Å²) in [4.78, 5) is 0. The van der Waals surface area contributed by atoms with Gasteiger partial charge < -0.3 is 10.5 Å². The summed E-state index contributed by atoms with van der Waals surface area (Å²) < 4.78 is 31.5. The number of hydrogen-bond donors (Lipinski definition) is 1. The molecule has 4 heteroatoms. The van der Waals surface area contributed by atoms with E-state index in [1.807, 2.05) is 13.8 Å². The van der Waals surface area contributed by atoms with E-state index in [0.29, 0.717) is 18.6 Å². The Labute approximate surface area is 101 Å². The van der Waals surface area contributed by atoms with Crippen molar-refractivity contribution in [3.8, 4) is 0 Å². The number of hydrogen-bond acceptors (Lipinski definition) is 2. The lowest BCUT2D eigenvalue weighted by Gasteiger charge is -2.22. The van der Waals surface area contributed by atoms with Gasteiger partial charge in [0.1, 0.15) is 11.6 Å². The first kappa shape index (κ1) is 14.1. The van der Waals surface area contributed by atoms with Crippen LogP contribution in [-0.4, -0.2) is 18.8 Å². The highest BCUT2D eigenvalue weighted by atomic mass is 19.1. The molecule has 1 aromatic rings. The van der Waals surface area contributed by atoms with Gasteiger partial charge in [0.05, 0.1) is 6.10 Å². The van der Waals surface area contributed by atoms with Crippen molar-refractivity contribution in [2.75, 3.05) is 6.61 Å². The van der Waals surface area contributed by atoms with Crippen LogP contribution in [0.2, 0.25) is 0 Å². The second-order valence-electron chi connectivity index (χ2n) is 4.05. The average molecular weight is 243 g/mol. The van der Waals surface area contributed by atoms with Crippen LogP contribution in [0.1, 0.15) is 25.8 Å². The van der Waals surface area contributed by atoms with Gasteiger partial charge in [-0.3, -0.25) is 0 Å². The van der Waals surface area contributed by atoms with Crippen LogP contribution in [0, 0.1) is 11.6 Å². The normalized spacial score (nSPS) is 14.6. The lowest BCUT2D eigenvalue weighted by Crippen LogP contribution is -2.38. The van der Waals surface area contributed by atoms with Crippen molar-refractivity contribution in [1.82, 2.24) is 0 Å². The van der Waals surface area contributed by atoms with Gasteiger partial charge in [-0.1, -0.05) is 6.92 Å². The first-order valence-corrected chi connectivity index (χ1v) is 5.89. The quantitative estimate of drug-likeness (QED) is 0.833. The van der Waals surface area contributed by atoms with Gasteiger partial charge in [0.25, 0.3) is 0 Å². The number of rotatable bonds is 6. The highest BCUT2D eigenvalue weighted by Gasteiger charge is 2.17. The van der Waals surface area contributed by atoms with Gasteiger partial charge in [-0.15, -0.1) is 0 Å². The van der Waals surface area contributed by atoms with E-state index >= 15 is 0 Å². The molecule has 0 aliphatic heterocycles. The van der Waals surface area contributed by atoms with E-state index in [9.17, 15) is 8.78 Å². The van der Waals surface area contributed by atoms with Gasteiger partial charge >= 0.3 is 0 Å². The molecule has 0 aromatic heterocycles. The first-order chi connectivity index (χ1) is 8.06. The molecule has 0 fully saturated rings. The van der Waals surface area contributed by atoms with Crippen molar-refractivity contribution < 1.29 is 13.5 Å². The Kier molecular flexibility index (Phi) is 5.51. The maximum atomic E-state index is 13.0. The van der Waals surface area contributed by atoms with Gasteiger partial charge in [-0.2, -0.15) is 0 Å². The predicted octanol–water partition coefficient (Wildman–Crippen LogP) is 2.65. The molecule has 0 saturated carbocycles. The Hall–Kier alpha value is -1.00. The molecule has 0 amide bonds. The average Bonchev–Trinajstić information content (AvgIpc) is 2.24. The monoisotopic (exact) mass is 243 g/mol. The lowest BCUT2D eigenvalue weighted by atomic mass is 10.0. The fourth-order valence-electron chi connectivity index (χ4n) is 1.89. The van der Waals surface area contributed by atoms with Gasteiger partial charge in [0, 0.05) is 18.7 Å². The maximum absolute atomic E-state index is 13.0. The van der Waals surface area contributed by atoms with E-state index in [1.165, 1.54) is 12.1 Å². The zero-order valence-corrected chi connectivity index (χ0v) is 10.2. The van der Waals surface area contributed by atoms with E-state index in [0.717, 1.165) is 12.5 Å². The molecule has 0 spiro atoms. The maximum Gasteiger partial charge on any atom is 0.126 e. The van der Waals surface area contributed by atoms with Gasteiger partial charge in [0.15, 0.2) is 0 Å². The van der Waals surface area contributed by atoms with E-state index in [1.54, 1.807) is 0 Å². The summed E-state index contributed by atoms with van der Waals surface area (Å²) in [6.07, 6.45) is 1.12. The highest BCUT2D eigenvalue weighted by molar-refractivity contribution is 5.19. The summed E-state index contributed by atoms with van der Waals surface area (Å²) in [6, 6.07) is 3.22. The molecule has 2 unspecified atom stereocenters. The third-order valence-electron chi connectivity index (χ3n) is 2.65. The molecular formula is C13H19F2NO. The fraction of sp³-hybridized carbons (Fsp3) is 0.538. The zero-order chi connectivity index (χ0) is 12.8. The van der Waals surface area contributed by atoms with Crippen molar-refractivity contribution in [3.63, 3.8) is 0 Å². The Balaban J connectivity index is 2.68. The molecule has 0 heterocycles. The summed E-state index contributed by atoms with van der Waals surface area (Å²) in [5.41, 5.74) is 6.54. The van der Waals surface area contributed by atoms with Gasteiger partial charge in [-0.05, 0) is 37.5 Å². The van der Waals surface area contributed by atoms with E-state index in [-0.39, 0.29) is 12.1 Å². The largest absolute Gasteiger partial charge is 0.377 e. The summed E-state index contributed by atoms with van der Waals surface area (Å²) >= 11 is 0. The lowest BCUT2D eigenvalue weighted by molar-refractivity contribution is 0.0417. The summed E-state index contributed by atoms with van der Waals surface area (Å²) in [6.45, 7) is 4.47. The molecule has 0 saturated heterocycles. The molecule has 17 heavy (non-hydrogen) atoms. The van der Waals surface area contributed by atoms with Crippen LogP contribution < -0.4 is 5.73 Å². The first-order valence-electron chi connectivity index (χ1n) is 5.89. The summed E-state index contributed by atoms with van der Waals surface area (Å²) in [7, 11) is 0. The van der Waals surface area contributed by atoms with Crippen molar-refractivity contribution >= 4 is 0 Å². The fourth-order valence-corrected chi connectivity index (χ4v) is 1.89. The molecule has 96 valence electrons. The summed E-state index contributed by atoms with van der Waals surface area (Å²) in [5, 5.41) is 0. The van der Waals surface area contributed by atoms with Crippen molar-refractivity contribution in [1.29, 1.82) is 0 Å².